The lowest BCUT2D eigenvalue weighted by Crippen LogP contribution is -2.44. The topological polar surface area (TPSA) is 87.7 Å². The molecule has 0 aromatic heterocycles. The molecule has 0 aromatic rings. The van der Waals surface area contributed by atoms with Gasteiger partial charge in [-0.1, -0.05) is 20.8 Å². The van der Waals surface area contributed by atoms with Gasteiger partial charge in [0.1, 0.15) is 0 Å². The summed E-state index contributed by atoms with van der Waals surface area (Å²) in [5.41, 5.74) is -0.465. The van der Waals surface area contributed by atoms with Gasteiger partial charge in [-0.25, -0.2) is 0 Å². The van der Waals surface area contributed by atoms with E-state index in [0.717, 1.165) is 0 Å². The lowest BCUT2D eigenvalue weighted by Gasteiger charge is -2.23. The molecule has 0 radical (unpaired) electrons. The zero-order valence-electron chi connectivity index (χ0n) is 16.1. The Kier molecular flexibility index (Phi) is 9.58. The molecule has 0 aromatic carbocycles. The van der Waals surface area contributed by atoms with Gasteiger partial charge in [0.25, 0.3) is 0 Å². The summed E-state index contributed by atoms with van der Waals surface area (Å²) in [4.78, 5) is 37.1. The SMILES string of the molecule is COC(C)CC(=O)NC(C)CN(C)C(=O)CCNC(=O)C(C)(C)C. The van der Waals surface area contributed by atoms with Gasteiger partial charge in [-0.15, -0.1) is 0 Å². The van der Waals surface area contributed by atoms with Crippen LogP contribution in [0.2, 0.25) is 0 Å². The average molecular weight is 343 g/mol. The molecule has 0 bridgehead atoms. The van der Waals surface area contributed by atoms with Gasteiger partial charge in [0.2, 0.25) is 17.7 Å². The number of hydrogen-bond donors (Lipinski definition) is 2. The maximum Gasteiger partial charge on any atom is 0.225 e. The fourth-order valence-corrected chi connectivity index (χ4v) is 1.98. The summed E-state index contributed by atoms with van der Waals surface area (Å²) >= 11 is 0. The van der Waals surface area contributed by atoms with Gasteiger partial charge in [-0.05, 0) is 13.8 Å². The third-order valence-electron chi connectivity index (χ3n) is 3.56. The van der Waals surface area contributed by atoms with E-state index >= 15 is 0 Å². The Hall–Kier alpha value is -1.63. The van der Waals surface area contributed by atoms with Gasteiger partial charge in [0.05, 0.1) is 12.5 Å². The quantitative estimate of drug-likeness (QED) is 0.652. The standard InChI is InChI=1S/C17H33N3O4/c1-12(19-14(21)10-13(2)24-7)11-20(6)15(22)8-9-18-16(23)17(3,4)5/h12-13H,8-11H2,1-7H3,(H,18,23)(H,19,21). The summed E-state index contributed by atoms with van der Waals surface area (Å²) in [7, 11) is 3.25. The number of ether oxygens (including phenoxy) is 1. The first kappa shape index (κ1) is 22.4. The second kappa shape index (κ2) is 10.3. The Morgan fingerprint density at radius 1 is 1.17 bits per heavy atom. The number of methoxy groups -OCH3 is 1. The Morgan fingerprint density at radius 3 is 2.25 bits per heavy atom. The minimum absolute atomic E-state index is 0.0735. The molecule has 0 fully saturated rings. The lowest BCUT2D eigenvalue weighted by atomic mass is 9.96. The molecule has 0 rings (SSSR count). The smallest absolute Gasteiger partial charge is 0.225 e. The van der Waals surface area contributed by atoms with Crippen LogP contribution in [0, 0.1) is 5.41 Å². The van der Waals surface area contributed by atoms with E-state index in [1.807, 2.05) is 34.6 Å². The zero-order valence-corrected chi connectivity index (χ0v) is 16.1. The summed E-state index contributed by atoms with van der Waals surface area (Å²) in [6.45, 7) is 9.87. The monoisotopic (exact) mass is 343 g/mol. The summed E-state index contributed by atoms with van der Waals surface area (Å²) < 4.78 is 5.05. The number of carbonyl (C=O) groups excluding carboxylic acids is 3. The minimum atomic E-state index is -0.465. The fourth-order valence-electron chi connectivity index (χ4n) is 1.98. The van der Waals surface area contributed by atoms with Gasteiger partial charge in [-0.3, -0.25) is 14.4 Å². The Bertz CT molecular complexity index is 432. The lowest BCUT2D eigenvalue weighted by molar-refractivity contribution is -0.132. The molecule has 0 saturated carbocycles. The average Bonchev–Trinajstić information content (AvgIpc) is 2.45. The predicted molar refractivity (Wildman–Crippen MR) is 93.4 cm³/mol. The van der Waals surface area contributed by atoms with E-state index in [-0.39, 0.29) is 42.7 Å². The van der Waals surface area contributed by atoms with Crippen molar-refractivity contribution in [2.45, 2.75) is 59.6 Å². The Balaban J connectivity index is 4.13. The minimum Gasteiger partial charge on any atom is -0.381 e. The Morgan fingerprint density at radius 2 is 1.75 bits per heavy atom. The van der Waals surface area contributed by atoms with Gasteiger partial charge < -0.3 is 20.3 Å². The van der Waals surface area contributed by atoms with Crippen molar-refractivity contribution in [1.82, 2.24) is 15.5 Å². The molecule has 2 N–H and O–H groups in total. The van der Waals surface area contributed by atoms with Crippen LogP contribution in [0.3, 0.4) is 0 Å². The highest BCUT2D eigenvalue weighted by Crippen LogP contribution is 2.12. The van der Waals surface area contributed by atoms with E-state index in [1.165, 1.54) is 0 Å². The van der Waals surface area contributed by atoms with Crippen LogP contribution in [0.4, 0.5) is 0 Å². The van der Waals surface area contributed by atoms with Crippen molar-refractivity contribution in [2.75, 3.05) is 27.2 Å². The molecule has 2 atom stereocenters. The van der Waals surface area contributed by atoms with E-state index in [4.69, 9.17) is 4.74 Å². The highest BCUT2D eigenvalue weighted by atomic mass is 16.5. The van der Waals surface area contributed by atoms with Crippen LogP contribution >= 0.6 is 0 Å². The molecule has 140 valence electrons. The van der Waals surface area contributed by atoms with Crippen molar-refractivity contribution in [3.63, 3.8) is 0 Å². The van der Waals surface area contributed by atoms with Crippen LogP contribution < -0.4 is 10.6 Å². The first-order valence-corrected chi connectivity index (χ1v) is 8.31. The molecule has 0 aliphatic rings. The third kappa shape index (κ3) is 9.50. The molecule has 0 aliphatic carbocycles. The normalized spacial score (nSPS) is 13.8. The summed E-state index contributed by atoms with van der Waals surface area (Å²) in [5.74, 6) is -0.253. The highest BCUT2D eigenvalue weighted by molar-refractivity contribution is 5.82. The van der Waals surface area contributed by atoms with Gasteiger partial charge in [0.15, 0.2) is 0 Å². The van der Waals surface area contributed by atoms with Gasteiger partial charge in [0, 0.05) is 45.1 Å². The van der Waals surface area contributed by atoms with Gasteiger partial charge >= 0.3 is 0 Å². The summed E-state index contributed by atoms with van der Waals surface area (Å²) in [5, 5.41) is 5.59. The van der Waals surface area contributed by atoms with Crippen molar-refractivity contribution >= 4 is 17.7 Å². The molecule has 0 spiro atoms. The molecule has 3 amide bonds. The van der Waals surface area contributed by atoms with Crippen LogP contribution in [-0.2, 0) is 19.1 Å². The number of amides is 3. The largest absolute Gasteiger partial charge is 0.381 e. The molecule has 0 heterocycles. The van der Waals surface area contributed by atoms with Crippen LogP contribution in [0.5, 0.6) is 0 Å². The van der Waals surface area contributed by atoms with Crippen molar-refractivity contribution < 1.29 is 19.1 Å². The van der Waals surface area contributed by atoms with Crippen molar-refractivity contribution in [2.24, 2.45) is 5.41 Å². The Labute approximate surface area is 145 Å². The second-order valence-corrected chi connectivity index (χ2v) is 7.25. The molecular formula is C17H33N3O4. The van der Waals surface area contributed by atoms with Crippen molar-refractivity contribution in [1.29, 1.82) is 0 Å². The molecule has 2 unspecified atom stereocenters. The van der Waals surface area contributed by atoms with E-state index in [9.17, 15) is 14.4 Å². The first-order valence-electron chi connectivity index (χ1n) is 8.31. The van der Waals surface area contributed by atoms with Gasteiger partial charge in [-0.2, -0.15) is 0 Å². The maximum absolute atomic E-state index is 12.1. The summed E-state index contributed by atoms with van der Waals surface area (Å²) in [6, 6.07) is -0.153. The van der Waals surface area contributed by atoms with Crippen LogP contribution in [-0.4, -0.2) is 62.0 Å². The van der Waals surface area contributed by atoms with E-state index in [1.54, 1.807) is 19.1 Å². The van der Waals surface area contributed by atoms with Crippen LogP contribution in [0.25, 0.3) is 0 Å². The molecule has 7 heteroatoms. The van der Waals surface area contributed by atoms with Crippen LogP contribution in [0.1, 0.15) is 47.5 Å². The molecular weight excluding hydrogens is 310 g/mol. The van der Waals surface area contributed by atoms with E-state index in [2.05, 4.69) is 10.6 Å². The fraction of sp³-hybridized carbons (Fsp3) is 0.824. The number of hydrogen-bond acceptors (Lipinski definition) is 4. The molecule has 0 saturated heterocycles. The molecule has 7 nitrogen and oxygen atoms in total. The van der Waals surface area contributed by atoms with Crippen molar-refractivity contribution in [3.05, 3.63) is 0 Å². The first-order chi connectivity index (χ1) is 11.0. The van der Waals surface area contributed by atoms with E-state index < -0.39 is 5.41 Å². The number of likely N-dealkylation sites (N-methyl/N-ethyl adjacent to an activating group) is 1. The maximum atomic E-state index is 12.1. The number of carbonyl (C=O) groups is 3. The summed E-state index contributed by atoms with van der Waals surface area (Å²) in [6.07, 6.45) is 0.389. The zero-order chi connectivity index (χ0) is 18.9. The number of nitrogens with zero attached hydrogens (tertiary/aromatic N) is 1. The molecule has 24 heavy (non-hydrogen) atoms. The predicted octanol–water partition coefficient (Wildman–Crippen LogP) is 0.927. The second-order valence-electron chi connectivity index (χ2n) is 7.25. The number of rotatable bonds is 9. The molecule has 0 aliphatic heterocycles. The van der Waals surface area contributed by atoms with Crippen molar-refractivity contribution in [3.8, 4) is 0 Å². The number of nitrogens with one attached hydrogen (secondary N) is 2. The third-order valence-corrected chi connectivity index (χ3v) is 3.56. The highest BCUT2D eigenvalue weighted by Gasteiger charge is 2.21. The van der Waals surface area contributed by atoms with E-state index in [0.29, 0.717) is 13.1 Å². The van der Waals surface area contributed by atoms with Crippen LogP contribution in [0.15, 0.2) is 0 Å².